The van der Waals surface area contributed by atoms with Gasteiger partial charge in [0.05, 0.1) is 0 Å². The maximum atomic E-state index is 12.0. The number of carbonyl (C=O) groups is 1. The number of fused-ring (bicyclic) bond motifs is 1. The molecule has 1 aliphatic rings. The summed E-state index contributed by atoms with van der Waals surface area (Å²) in [6, 6.07) is 6.35. The molecule has 2 unspecified atom stereocenters. The second kappa shape index (κ2) is 5.53. The minimum atomic E-state index is -0.184. The van der Waals surface area contributed by atoms with E-state index in [-0.39, 0.29) is 11.9 Å². The van der Waals surface area contributed by atoms with E-state index in [1.165, 1.54) is 5.56 Å². The van der Waals surface area contributed by atoms with Crippen molar-refractivity contribution in [1.29, 1.82) is 0 Å². The number of hydrogen-bond acceptors (Lipinski definition) is 2. The Morgan fingerprint density at radius 3 is 2.83 bits per heavy atom. The highest BCUT2D eigenvalue weighted by Gasteiger charge is 2.31. The Balaban J connectivity index is 2.19. The molecular weight excluding hydrogens is 224 g/mol. The number of anilines is 1. The summed E-state index contributed by atoms with van der Waals surface area (Å²) in [5, 5.41) is 6.43. The monoisotopic (exact) mass is 246 g/mol. The molecule has 1 amide bonds. The van der Waals surface area contributed by atoms with Crippen LogP contribution in [0, 0.1) is 6.92 Å². The van der Waals surface area contributed by atoms with E-state index in [0.717, 1.165) is 30.5 Å². The molecule has 1 heterocycles. The molecule has 0 aromatic heterocycles. The maximum absolute atomic E-state index is 12.0. The molecule has 0 saturated heterocycles. The summed E-state index contributed by atoms with van der Waals surface area (Å²) in [6.07, 6.45) is 3.31. The van der Waals surface area contributed by atoms with Gasteiger partial charge >= 0.3 is 0 Å². The van der Waals surface area contributed by atoms with Crippen LogP contribution in [0.3, 0.4) is 0 Å². The Kier molecular flexibility index (Phi) is 4.02. The Hall–Kier alpha value is -1.35. The van der Waals surface area contributed by atoms with Crippen molar-refractivity contribution in [2.75, 3.05) is 5.32 Å². The number of hydrogen-bond donors (Lipinski definition) is 2. The Bertz CT molecular complexity index is 442. The topological polar surface area (TPSA) is 41.1 Å². The van der Waals surface area contributed by atoms with Crippen LogP contribution in [0.4, 0.5) is 5.69 Å². The fourth-order valence-electron chi connectivity index (χ4n) is 2.54. The normalized spacial score (nSPS) is 19.5. The minimum absolute atomic E-state index is 0.0742. The van der Waals surface area contributed by atoms with E-state index in [2.05, 4.69) is 37.5 Å². The van der Waals surface area contributed by atoms with Gasteiger partial charge in [-0.05, 0) is 25.8 Å². The third kappa shape index (κ3) is 2.56. The van der Waals surface area contributed by atoms with Gasteiger partial charge in [0.15, 0.2) is 0 Å². The van der Waals surface area contributed by atoms with Crippen molar-refractivity contribution < 1.29 is 4.79 Å². The van der Waals surface area contributed by atoms with Crippen molar-refractivity contribution in [2.45, 2.75) is 52.1 Å². The number of rotatable bonds is 5. The van der Waals surface area contributed by atoms with Gasteiger partial charge in [-0.3, -0.25) is 10.1 Å². The molecule has 1 aromatic carbocycles. The largest absolute Gasteiger partial charge is 0.324 e. The highest BCUT2D eigenvalue weighted by Crippen LogP contribution is 2.32. The fourth-order valence-corrected chi connectivity index (χ4v) is 2.54. The van der Waals surface area contributed by atoms with Gasteiger partial charge in [-0.2, -0.15) is 0 Å². The Morgan fingerprint density at radius 1 is 1.39 bits per heavy atom. The summed E-state index contributed by atoms with van der Waals surface area (Å²) in [5.41, 5.74) is 3.24. The molecule has 0 spiro atoms. The summed E-state index contributed by atoms with van der Waals surface area (Å²) >= 11 is 0. The van der Waals surface area contributed by atoms with Gasteiger partial charge in [-0.1, -0.05) is 38.0 Å². The average Bonchev–Trinajstić information content (AvgIpc) is 2.65. The third-order valence-corrected chi connectivity index (χ3v) is 3.57. The second-order valence-corrected chi connectivity index (χ2v) is 5.07. The van der Waals surface area contributed by atoms with E-state index < -0.39 is 0 Å². The number of amides is 1. The lowest BCUT2D eigenvalue weighted by Crippen LogP contribution is -2.35. The molecule has 1 aromatic rings. The standard InChI is InChI=1S/C15H22N2O/c1-4-6-11(5-2)16-14-12-9-10(3)7-8-13(12)17-15(14)18/h7-9,11,14,16H,4-6H2,1-3H3,(H,17,18). The van der Waals surface area contributed by atoms with E-state index in [9.17, 15) is 4.79 Å². The lowest BCUT2D eigenvalue weighted by Gasteiger charge is -2.20. The van der Waals surface area contributed by atoms with Crippen molar-refractivity contribution in [1.82, 2.24) is 5.32 Å². The van der Waals surface area contributed by atoms with Crippen LogP contribution >= 0.6 is 0 Å². The molecule has 3 heteroatoms. The second-order valence-electron chi connectivity index (χ2n) is 5.07. The Morgan fingerprint density at radius 2 is 2.17 bits per heavy atom. The number of carbonyl (C=O) groups excluding carboxylic acids is 1. The summed E-state index contributed by atoms with van der Waals surface area (Å²) in [4.78, 5) is 12.0. The average molecular weight is 246 g/mol. The molecule has 2 N–H and O–H groups in total. The van der Waals surface area contributed by atoms with Gasteiger partial charge in [0.1, 0.15) is 6.04 Å². The molecule has 0 bridgehead atoms. The SMILES string of the molecule is CCCC(CC)NC1C(=O)Nc2ccc(C)cc21. The lowest BCUT2D eigenvalue weighted by atomic mass is 10.0. The highest BCUT2D eigenvalue weighted by atomic mass is 16.2. The van der Waals surface area contributed by atoms with Gasteiger partial charge < -0.3 is 5.32 Å². The molecule has 0 radical (unpaired) electrons. The van der Waals surface area contributed by atoms with Crippen LogP contribution in [0.15, 0.2) is 18.2 Å². The molecule has 2 rings (SSSR count). The van der Waals surface area contributed by atoms with Gasteiger partial charge in [0, 0.05) is 17.3 Å². The molecule has 98 valence electrons. The summed E-state index contributed by atoms with van der Waals surface area (Å²) in [7, 11) is 0. The van der Waals surface area contributed by atoms with Crippen molar-refractivity contribution in [3.05, 3.63) is 29.3 Å². The molecule has 1 aliphatic heterocycles. The first kappa shape index (κ1) is 13.1. The van der Waals surface area contributed by atoms with Crippen LogP contribution in [-0.2, 0) is 4.79 Å². The number of aryl methyl sites for hydroxylation is 1. The zero-order valence-electron chi connectivity index (χ0n) is 11.4. The van der Waals surface area contributed by atoms with Gasteiger partial charge in [0.25, 0.3) is 0 Å². The third-order valence-electron chi connectivity index (χ3n) is 3.57. The van der Waals surface area contributed by atoms with E-state index in [0.29, 0.717) is 6.04 Å². The molecule has 0 saturated carbocycles. The van der Waals surface area contributed by atoms with Crippen LogP contribution in [0.5, 0.6) is 0 Å². The predicted molar refractivity (Wildman–Crippen MR) is 74.7 cm³/mol. The van der Waals surface area contributed by atoms with Crippen molar-refractivity contribution in [2.24, 2.45) is 0 Å². The van der Waals surface area contributed by atoms with E-state index in [4.69, 9.17) is 0 Å². The minimum Gasteiger partial charge on any atom is -0.324 e. The Labute approximate surface area is 109 Å². The molecule has 2 atom stereocenters. The summed E-state index contributed by atoms with van der Waals surface area (Å²) in [5.74, 6) is 0.0742. The van der Waals surface area contributed by atoms with E-state index >= 15 is 0 Å². The molecule has 18 heavy (non-hydrogen) atoms. The van der Waals surface area contributed by atoms with Crippen LogP contribution in [0.1, 0.15) is 50.3 Å². The summed E-state index contributed by atoms with van der Waals surface area (Å²) < 4.78 is 0. The first-order chi connectivity index (χ1) is 8.65. The quantitative estimate of drug-likeness (QED) is 0.838. The molecule has 0 aliphatic carbocycles. The maximum Gasteiger partial charge on any atom is 0.246 e. The smallest absolute Gasteiger partial charge is 0.246 e. The summed E-state index contributed by atoms with van der Waals surface area (Å²) in [6.45, 7) is 6.40. The van der Waals surface area contributed by atoms with Crippen molar-refractivity contribution in [3.63, 3.8) is 0 Å². The zero-order valence-corrected chi connectivity index (χ0v) is 11.4. The first-order valence-electron chi connectivity index (χ1n) is 6.83. The molecular formula is C15H22N2O. The molecule has 3 nitrogen and oxygen atoms in total. The van der Waals surface area contributed by atoms with Crippen LogP contribution in [0.2, 0.25) is 0 Å². The zero-order chi connectivity index (χ0) is 13.1. The van der Waals surface area contributed by atoms with Crippen LogP contribution < -0.4 is 10.6 Å². The van der Waals surface area contributed by atoms with E-state index in [1.54, 1.807) is 0 Å². The number of nitrogens with one attached hydrogen (secondary N) is 2. The lowest BCUT2D eigenvalue weighted by molar-refractivity contribution is -0.117. The fraction of sp³-hybridized carbons (Fsp3) is 0.533. The van der Waals surface area contributed by atoms with Gasteiger partial charge in [-0.25, -0.2) is 0 Å². The van der Waals surface area contributed by atoms with Crippen LogP contribution in [0.25, 0.3) is 0 Å². The van der Waals surface area contributed by atoms with Gasteiger partial charge in [-0.15, -0.1) is 0 Å². The predicted octanol–water partition coefficient (Wildman–Crippen LogP) is 3.16. The van der Waals surface area contributed by atoms with Crippen molar-refractivity contribution >= 4 is 11.6 Å². The van der Waals surface area contributed by atoms with E-state index in [1.807, 2.05) is 12.1 Å². The van der Waals surface area contributed by atoms with Crippen LogP contribution in [-0.4, -0.2) is 11.9 Å². The number of benzene rings is 1. The van der Waals surface area contributed by atoms with Crippen molar-refractivity contribution in [3.8, 4) is 0 Å². The first-order valence-corrected chi connectivity index (χ1v) is 6.83. The highest BCUT2D eigenvalue weighted by molar-refractivity contribution is 6.02. The molecule has 0 fully saturated rings. The van der Waals surface area contributed by atoms with Gasteiger partial charge in [0.2, 0.25) is 5.91 Å².